The summed E-state index contributed by atoms with van der Waals surface area (Å²) >= 11 is 0. The molecular weight excluding hydrogens is 404 g/mol. The van der Waals surface area contributed by atoms with Crippen LogP contribution in [0.5, 0.6) is 11.5 Å². The average molecular weight is 441 g/mol. The number of benzene rings is 1. The van der Waals surface area contributed by atoms with Gasteiger partial charge in [-0.15, -0.1) is 0 Å². The summed E-state index contributed by atoms with van der Waals surface area (Å²) in [6.45, 7) is 14.0. The predicted molar refractivity (Wildman–Crippen MR) is 134 cm³/mol. The second-order valence-electron chi connectivity index (χ2n) is 7.59. The van der Waals surface area contributed by atoms with Gasteiger partial charge in [-0.05, 0) is 46.0 Å². The molecular formula is C26H36N2O4. The van der Waals surface area contributed by atoms with Crippen LogP contribution in [0.15, 0.2) is 40.9 Å². The molecule has 0 saturated carbocycles. The molecule has 0 bridgehead atoms. The zero-order valence-electron chi connectivity index (χ0n) is 20.4. The second kappa shape index (κ2) is 11.6. The Morgan fingerprint density at radius 3 is 2.22 bits per heavy atom. The van der Waals surface area contributed by atoms with Gasteiger partial charge in [0.2, 0.25) is 0 Å². The Bertz CT molecular complexity index is 1090. The number of rotatable bonds is 11. The number of hydrogen-bond donors (Lipinski definition) is 1. The van der Waals surface area contributed by atoms with E-state index in [0.717, 1.165) is 40.0 Å². The highest BCUT2D eigenvalue weighted by Gasteiger charge is 2.21. The summed E-state index contributed by atoms with van der Waals surface area (Å²) in [6, 6.07) is 3.60. The van der Waals surface area contributed by atoms with Gasteiger partial charge in [0.05, 0.1) is 37.7 Å². The van der Waals surface area contributed by atoms with E-state index >= 15 is 0 Å². The first-order valence-electron chi connectivity index (χ1n) is 11.0. The summed E-state index contributed by atoms with van der Waals surface area (Å²) in [5.41, 5.74) is 3.64. The normalized spacial score (nSPS) is 11.4. The van der Waals surface area contributed by atoms with Gasteiger partial charge in [-0.25, -0.2) is 0 Å². The van der Waals surface area contributed by atoms with E-state index in [1.165, 1.54) is 0 Å². The molecule has 1 aromatic heterocycles. The molecule has 0 atom stereocenters. The molecule has 0 fully saturated rings. The van der Waals surface area contributed by atoms with Gasteiger partial charge in [-0.2, -0.15) is 0 Å². The molecule has 1 N–H and O–H groups in total. The molecule has 0 saturated heterocycles. The van der Waals surface area contributed by atoms with Crippen molar-refractivity contribution in [1.82, 2.24) is 9.88 Å². The van der Waals surface area contributed by atoms with E-state index in [9.17, 15) is 4.79 Å². The lowest BCUT2D eigenvalue weighted by Gasteiger charge is -2.22. The van der Waals surface area contributed by atoms with Crippen LogP contribution in [0.1, 0.15) is 45.4 Å². The molecule has 6 heteroatoms. The molecule has 0 aliphatic rings. The van der Waals surface area contributed by atoms with Crippen LogP contribution in [0.3, 0.4) is 0 Å². The standard InChI is InChI=1S/C26H36N2O4/c1-9-18(32-11-3)14-20(17(4)5)25-19(10-2)21-15-23(30-7)24(31-8)16-22(21)26(29)28(25)13-12-27-6/h10,14-16,27H,2,9,11-13H2,1,3-8H3/b18-14+. The van der Waals surface area contributed by atoms with Gasteiger partial charge in [-0.3, -0.25) is 4.79 Å². The maximum atomic E-state index is 13.7. The highest BCUT2D eigenvalue weighted by atomic mass is 16.5. The number of hydrogen-bond acceptors (Lipinski definition) is 5. The minimum Gasteiger partial charge on any atom is -0.498 e. The fourth-order valence-corrected chi connectivity index (χ4v) is 3.77. The molecule has 32 heavy (non-hydrogen) atoms. The second-order valence-corrected chi connectivity index (χ2v) is 7.59. The van der Waals surface area contributed by atoms with Crippen molar-refractivity contribution in [3.63, 3.8) is 0 Å². The number of nitrogens with one attached hydrogen (secondary N) is 1. The third-order valence-corrected chi connectivity index (χ3v) is 5.38. The van der Waals surface area contributed by atoms with E-state index in [0.29, 0.717) is 36.6 Å². The minimum absolute atomic E-state index is 0.0848. The molecule has 2 aromatic rings. The smallest absolute Gasteiger partial charge is 0.259 e. The summed E-state index contributed by atoms with van der Waals surface area (Å²) in [7, 11) is 5.03. The van der Waals surface area contributed by atoms with Crippen molar-refractivity contribution in [3.05, 3.63) is 57.7 Å². The summed E-state index contributed by atoms with van der Waals surface area (Å²) in [5, 5.41) is 4.49. The number of likely N-dealkylation sites (N-methyl/N-ethyl adjacent to an activating group) is 1. The van der Waals surface area contributed by atoms with Gasteiger partial charge in [0.15, 0.2) is 11.5 Å². The van der Waals surface area contributed by atoms with Gasteiger partial charge in [-0.1, -0.05) is 25.2 Å². The summed E-state index contributed by atoms with van der Waals surface area (Å²) in [6.07, 6.45) is 4.61. The number of aromatic nitrogens is 1. The summed E-state index contributed by atoms with van der Waals surface area (Å²) in [4.78, 5) is 13.7. The topological polar surface area (TPSA) is 61.7 Å². The predicted octanol–water partition coefficient (Wildman–Crippen LogP) is 5.00. The fraction of sp³-hybridized carbons (Fsp3) is 0.423. The lowest BCUT2D eigenvalue weighted by molar-refractivity contribution is 0.221. The van der Waals surface area contributed by atoms with E-state index in [2.05, 4.69) is 18.8 Å². The highest BCUT2D eigenvalue weighted by Crippen LogP contribution is 2.36. The molecule has 0 aliphatic heterocycles. The Hall–Kier alpha value is -2.99. The molecule has 0 aliphatic carbocycles. The molecule has 0 amide bonds. The third-order valence-electron chi connectivity index (χ3n) is 5.38. The van der Waals surface area contributed by atoms with Crippen molar-refractivity contribution in [2.24, 2.45) is 0 Å². The van der Waals surface area contributed by atoms with Crippen LogP contribution in [0, 0.1) is 0 Å². The van der Waals surface area contributed by atoms with E-state index in [-0.39, 0.29) is 5.56 Å². The molecule has 174 valence electrons. The molecule has 1 heterocycles. The van der Waals surface area contributed by atoms with E-state index in [4.69, 9.17) is 14.2 Å². The Morgan fingerprint density at radius 1 is 1.12 bits per heavy atom. The number of allylic oxidation sites excluding steroid dienone is 4. The van der Waals surface area contributed by atoms with Crippen LogP contribution in [0.2, 0.25) is 0 Å². The van der Waals surface area contributed by atoms with Crippen molar-refractivity contribution in [2.75, 3.05) is 34.4 Å². The van der Waals surface area contributed by atoms with Crippen LogP contribution in [0.25, 0.3) is 22.4 Å². The van der Waals surface area contributed by atoms with Crippen LogP contribution < -0.4 is 20.3 Å². The van der Waals surface area contributed by atoms with Gasteiger partial charge in [0.25, 0.3) is 5.56 Å². The Balaban J connectivity index is 3.07. The van der Waals surface area contributed by atoms with E-state index in [1.54, 1.807) is 20.3 Å². The lowest BCUT2D eigenvalue weighted by Crippen LogP contribution is -2.29. The number of methoxy groups -OCH3 is 2. The van der Waals surface area contributed by atoms with Gasteiger partial charge >= 0.3 is 0 Å². The Labute approximate surface area is 191 Å². The number of fused-ring (bicyclic) bond motifs is 1. The van der Waals surface area contributed by atoms with Crippen LogP contribution >= 0.6 is 0 Å². The lowest BCUT2D eigenvalue weighted by atomic mass is 9.95. The molecule has 6 nitrogen and oxygen atoms in total. The van der Waals surface area contributed by atoms with Crippen molar-refractivity contribution in [1.29, 1.82) is 0 Å². The van der Waals surface area contributed by atoms with Crippen LogP contribution in [-0.4, -0.2) is 39.0 Å². The molecule has 0 unspecified atom stereocenters. The molecule has 1 aromatic carbocycles. The Kier molecular flexibility index (Phi) is 9.14. The average Bonchev–Trinajstić information content (AvgIpc) is 2.80. The van der Waals surface area contributed by atoms with Crippen molar-refractivity contribution < 1.29 is 14.2 Å². The summed E-state index contributed by atoms with van der Waals surface area (Å²) in [5.74, 6) is 1.96. The van der Waals surface area contributed by atoms with Gasteiger partial charge < -0.3 is 24.1 Å². The first-order chi connectivity index (χ1) is 15.4. The fourth-order valence-electron chi connectivity index (χ4n) is 3.77. The number of nitrogens with zero attached hydrogens (tertiary/aromatic N) is 1. The molecule has 0 radical (unpaired) electrons. The van der Waals surface area contributed by atoms with E-state index in [1.807, 2.05) is 50.6 Å². The van der Waals surface area contributed by atoms with Crippen molar-refractivity contribution in [2.45, 2.75) is 40.7 Å². The monoisotopic (exact) mass is 440 g/mol. The van der Waals surface area contributed by atoms with Gasteiger partial charge in [0, 0.05) is 36.0 Å². The number of ether oxygens (including phenoxy) is 3. The van der Waals surface area contributed by atoms with Crippen LogP contribution in [-0.2, 0) is 11.3 Å². The first-order valence-corrected chi connectivity index (χ1v) is 11.0. The SMILES string of the molecule is C=Cc1c(C(/C=C(\CC)OCC)=C(C)C)n(CCNC)c(=O)c2cc(OC)c(OC)cc12. The zero-order valence-corrected chi connectivity index (χ0v) is 20.4. The zero-order chi connectivity index (χ0) is 23.8. The maximum Gasteiger partial charge on any atom is 0.259 e. The number of pyridine rings is 1. The Morgan fingerprint density at radius 2 is 1.75 bits per heavy atom. The highest BCUT2D eigenvalue weighted by molar-refractivity contribution is 5.97. The van der Waals surface area contributed by atoms with E-state index < -0.39 is 0 Å². The maximum absolute atomic E-state index is 13.7. The summed E-state index contributed by atoms with van der Waals surface area (Å²) < 4.78 is 18.6. The van der Waals surface area contributed by atoms with Crippen LogP contribution in [0.4, 0.5) is 0 Å². The first kappa shape index (κ1) is 25.3. The molecule has 0 spiro atoms. The minimum atomic E-state index is -0.0848. The van der Waals surface area contributed by atoms with Gasteiger partial charge in [0.1, 0.15) is 0 Å². The largest absolute Gasteiger partial charge is 0.498 e. The molecule has 2 rings (SSSR count). The van der Waals surface area contributed by atoms with Crippen molar-refractivity contribution >= 4 is 22.4 Å². The quantitative estimate of drug-likeness (QED) is 0.393. The van der Waals surface area contributed by atoms with Crippen molar-refractivity contribution in [3.8, 4) is 11.5 Å². The third kappa shape index (κ3) is 5.07.